The minimum absolute atomic E-state index is 0.0337. The van der Waals surface area contributed by atoms with Crippen molar-refractivity contribution in [3.8, 4) is 0 Å². The Morgan fingerprint density at radius 1 is 1.35 bits per heavy atom. The third kappa shape index (κ3) is 3.91. The van der Waals surface area contributed by atoms with E-state index in [0.29, 0.717) is 0 Å². The molecule has 2 amide bonds. The van der Waals surface area contributed by atoms with Gasteiger partial charge in [0.1, 0.15) is 18.2 Å². The molecule has 1 aromatic carbocycles. The second-order valence-corrected chi connectivity index (χ2v) is 5.54. The number of esters is 1. The Labute approximate surface area is 150 Å². The van der Waals surface area contributed by atoms with Gasteiger partial charge in [-0.05, 0) is 19.1 Å². The summed E-state index contributed by atoms with van der Waals surface area (Å²) in [6, 6.07) is 1.42. The Kier molecular flexibility index (Phi) is 6.46. The van der Waals surface area contributed by atoms with Crippen LogP contribution in [-0.2, 0) is 14.3 Å². The number of nitrogens with zero attached hydrogens (tertiary/aromatic N) is 1. The van der Waals surface area contributed by atoms with E-state index in [0.717, 1.165) is 12.1 Å². The lowest BCUT2D eigenvalue weighted by Gasteiger charge is -2.35. The highest BCUT2D eigenvalue weighted by Gasteiger charge is 2.38. The van der Waals surface area contributed by atoms with Gasteiger partial charge in [-0.3, -0.25) is 4.90 Å². The van der Waals surface area contributed by atoms with Crippen molar-refractivity contribution >= 4 is 12.0 Å². The number of hydrogen-bond acceptors (Lipinski definition) is 4. The largest absolute Gasteiger partial charge is 0.460 e. The Balaban J connectivity index is 2.52. The van der Waals surface area contributed by atoms with Crippen LogP contribution in [0.15, 0.2) is 42.1 Å². The highest BCUT2D eigenvalue weighted by Crippen LogP contribution is 2.33. The Hall–Kier alpha value is -2.74. The Morgan fingerprint density at radius 2 is 2.00 bits per heavy atom. The van der Waals surface area contributed by atoms with Gasteiger partial charge >= 0.3 is 12.0 Å². The molecule has 0 bridgehead atoms. The van der Waals surface area contributed by atoms with E-state index in [9.17, 15) is 18.4 Å². The fraction of sp³-hybridized carbons (Fsp3) is 0.333. The van der Waals surface area contributed by atoms with Crippen molar-refractivity contribution in [1.82, 2.24) is 10.2 Å². The van der Waals surface area contributed by atoms with Crippen LogP contribution in [0, 0.1) is 11.6 Å². The molecule has 1 aliphatic heterocycles. The third-order valence-electron chi connectivity index (χ3n) is 3.94. The number of hydrogen-bond donors (Lipinski definition) is 1. The van der Waals surface area contributed by atoms with Crippen LogP contribution in [0.25, 0.3) is 0 Å². The molecule has 1 N–H and O–H groups in total. The van der Waals surface area contributed by atoms with Crippen molar-refractivity contribution in [2.75, 3.05) is 26.9 Å². The summed E-state index contributed by atoms with van der Waals surface area (Å²) in [7, 11) is 1.45. The van der Waals surface area contributed by atoms with Crippen LogP contribution in [0.2, 0.25) is 0 Å². The molecule has 140 valence electrons. The van der Waals surface area contributed by atoms with Gasteiger partial charge in [-0.25, -0.2) is 18.4 Å². The number of benzene rings is 1. The number of methoxy groups -OCH3 is 1. The number of urea groups is 1. The zero-order valence-corrected chi connectivity index (χ0v) is 14.6. The molecule has 1 aliphatic rings. The molecule has 0 aliphatic carbocycles. The van der Waals surface area contributed by atoms with E-state index in [1.807, 2.05) is 0 Å². The summed E-state index contributed by atoms with van der Waals surface area (Å²) in [6.45, 7) is 5.33. The van der Waals surface area contributed by atoms with E-state index in [1.54, 1.807) is 0 Å². The smallest absolute Gasteiger partial charge is 0.338 e. The lowest BCUT2D eigenvalue weighted by atomic mass is 9.94. The molecule has 0 fully saturated rings. The van der Waals surface area contributed by atoms with Crippen molar-refractivity contribution in [3.05, 3.63) is 59.3 Å². The van der Waals surface area contributed by atoms with Crippen molar-refractivity contribution in [1.29, 1.82) is 0 Å². The van der Waals surface area contributed by atoms with Crippen LogP contribution in [0.4, 0.5) is 13.6 Å². The number of rotatable bonds is 7. The summed E-state index contributed by atoms with van der Waals surface area (Å²) in [6.07, 6.45) is 1.47. The molecule has 0 saturated carbocycles. The van der Waals surface area contributed by atoms with E-state index in [1.165, 1.54) is 31.1 Å². The molecule has 1 aromatic rings. The van der Waals surface area contributed by atoms with Gasteiger partial charge in [0.15, 0.2) is 0 Å². The summed E-state index contributed by atoms with van der Waals surface area (Å²) in [5, 5.41) is 2.47. The molecule has 0 spiro atoms. The van der Waals surface area contributed by atoms with E-state index in [4.69, 9.17) is 9.47 Å². The maximum absolute atomic E-state index is 14.3. The normalized spacial score (nSPS) is 17.2. The van der Waals surface area contributed by atoms with E-state index < -0.39 is 35.2 Å². The number of carbonyl (C=O) groups is 2. The molecule has 1 atom stereocenters. The number of nitrogens with one attached hydrogen (secondary N) is 1. The van der Waals surface area contributed by atoms with Crippen molar-refractivity contribution in [2.45, 2.75) is 13.0 Å². The predicted octanol–water partition coefficient (Wildman–Crippen LogP) is 2.68. The molecule has 0 radical (unpaired) electrons. The first-order valence-corrected chi connectivity index (χ1v) is 7.92. The highest BCUT2D eigenvalue weighted by atomic mass is 19.1. The number of carbonyl (C=O) groups excluding carboxylic acids is 2. The molecule has 2 rings (SSSR count). The summed E-state index contributed by atoms with van der Waals surface area (Å²) < 4.78 is 38.5. The summed E-state index contributed by atoms with van der Waals surface area (Å²) in [5.74, 6) is -2.54. The van der Waals surface area contributed by atoms with Gasteiger partial charge < -0.3 is 14.8 Å². The van der Waals surface area contributed by atoms with Gasteiger partial charge in [-0.1, -0.05) is 12.1 Å². The molecule has 8 heteroatoms. The zero-order valence-electron chi connectivity index (χ0n) is 14.6. The van der Waals surface area contributed by atoms with Crippen molar-refractivity contribution in [2.24, 2.45) is 0 Å². The van der Waals surface area contributed by atoms with Gasteiger partial charge in [0, 0.05) is 19.4 Å². The molecular formula is C18H20F2N2O4. The average Bonchev–Trinajstić information content (AvgIpc) is 2.58. The zero-order chi connectivity index (χ0) is 19.3. The van der Waals surface area contributed by atoms with Crippen LogP contribution in [-0.4, -0.2) is 43.8 Å². The second-order valence-electron chi connectivity index (χ2n) is 5.54. The molecule has 0 unspecified atom stereocenters. The average molecular weight is 366 g/mol. The van der Waals surface area contributed by atoms with Gasteiger partial charge in [-0.2, -0.15) is 0 Å². The molecule has 1 heterocycles. The molecule has 0 aromatic heterocycles. The van der Waals surface area contributed by atoms with Crippen LogP contribution in [0.3, 0.4) is 0 Å². The Morgan fingerprint density at radius 3 is 2.58 bits per heavy atom. The number of halogens is 2. The standard InChI is InChI=1S/C18H20F2N2O4/c1-4-8-22-11(2)14(17(23)26-10-9-25-3)16(21-18(22)24)15-12(19)6-5-7-13(15)20/h4-7,16H,1,8-10H2,2-3H3,(H,21,24)/t16-/m1/s1. The fourth-order valence-electron chi connectivity index (χ4n) is 2.69. The summed E-state index contributed by atoms with van der Waals surface area (Å²) >= 11 is 0. The quantitative estimate of drug-likeness (QED) is 0.458. The lowest BCUT2D eigenvalue weighted by Crippen LogP contribution is -2.48. The number of amides is 2. The van der Waals surface area contributed by atoms with E-state index in [2.05, 4.69) is 11.9 Å². The Bertz CT molecular complexity index is 728. The fourth-order valence-corrected chi connectivity index (χ4v) is 2.69. The van der Waals surface area contributed by atoms with Crippen molar-refractivity contribution in [3.63, 3.8) is 0 Å². The van der Waals surface area contributed by atoms with Crippen LogP contribution in [0.1, 0.15) is 18.5 Å². The predicted molar refractivity (Wildman–Crippen MR) is 90.1 cm³/mol. The molecule has 26 heavy (non-hydrogen) atoms. The first kappa shape index (κ1) is 19.6. The van der Waals surface area contributed by atoms with Gasteiger partial charge in [0.2, 0.25) is 0 Å². The summed E-state index contributed by atoms with van der Waals surface area (Å²) in [5.41, 5.74) is -0.229. The minimum Gasteiger partial charge on any atom is -0.460 e. The van der Waals surface area contributed by atoms with Crippen LogP contribution in [0.5, 0.6) is 0 Å². The van der Waals surface area contributed by atoms with Crippen LogP contribution < -0.4 is 5.32 Å². The summed E-state index contributed by atoms with van der Waals surface area (Å²) in [4.78, 5) is 26.2. The minimum atomic E-state index is -1.31. The first-order chi connectivity index (χ1) is 12.4. The lowest BCUT2D eigenvalue weighted by molar-refractivity contribution is -0.140. The number of ether oxygens (including phenoxy) is 2. The second kappa shape index (κ2) is 8.57. The van der Waals surface area contributed by atoms with Crippen LogP contribution >= 0.6 is 0 Å². The maximum Gasteiger partial charge on any atom is 0.338 e. The third-order valence-corrected chi connectivity index (χ3v) is 3.94. The van der Waals surface area contributed by atoms with Gasteiger partial charge in [0.05, 0.1) is 23.8 Å². The molecule has 0 saturated heterocycles. The van der Waals surface area contributed by atoms with E-state index >= 15 is 0 Å². The van der Waals surface area contributed by atoms with Gasteiger partial charge in [0.25, 0.3) is 0 Å². The van der Waals surface area contributed by atoms with Crippen molar-refractivity contribution < 1.29 is 27.8 Å². The van der Waals surface area contributed by atoms with E-state index in [-0.39, 0.29) is 31.0 Å². The molecular weight excluding hydrogens is 346 g/mol. The monoisotopic (exact) mass is 366 g/mol. The van der Waals surface area contributed by atoms with Gasteiger partial charge in [-0.15, -0.1) is 6.58 Å². The number of allylic oxidation sites excluding steroid dienone is 1. The first-order valence-electron chi connectivity index (χ1n) is 7.92. The molecule has 6 nitrogen and oxygen atoms in total. The SMILES string of the molecule is C=CCN1C(=O)N[C@@H](c2c(F)cccc2F)C(C(=O)OCCOC)=C1C. The highest BCUT2D eigenvalue weighted by molar-refractivity contribution is 5.95. The topological polar surface area (TPSA) is 67.9 Å². The maximum atomic E-state index is 14.3.